The summed E-state index contributed by atoms with van der Waals surface area (Å²) in [5.41, 5.74) is 4.34. The zero-order valence-corrected chi connectivity index (χ0v) is 12.4. The summed E-state index contributed by atoms with van der Waals surface area (Å²) in [5, 5.41) is 0. The van der Waals surface area contributed by atoms with E-state index in [1.54, 1.807) is 25.3 Å². The molecule has 0 unspecified atom stereocenters. The number of Topliss-reactive ketones (excluding diaryl/α,β-unsaturated/α-hetero) is 1. The van der Waals surface area contributed by atoms with Gasteiger partial charge in [0.15, 0.2) is 5.78 Å². The predicted octanol–water partition coefficient (Wildman–Crippen LogP) is 2.96. The van der Waals surface area contributed by atoms with E-state index in [1.165, 1.54) is 4.57 Å². The first-order chi connectivity index (χ1) is 9.40. The van der Waals surface area contributed by atoms with Gasteiger partial charge >= 0.3 is 0 Å². The van der Waals surface area contributed by atoms with Crippen LogP contribution in [-0.2, 0) is 6.54 Å². The molecule has 0 atom stereocenters. The highest BCUT2D eigenvalue weighted by atomic mass is 16.1. The maximum atomic E-state index is 12.5. The van der Waals surface area contributed by atoms with E-state index in [2.05, 4.69) is 0 Å². The lowest BCUT2D eigenvalue weighted by Crippen LogP contribution is -2.25. The molecule has 0 radical (unpaired) electrons. The number of rotatable bonds is 3. The van der Waals surface area contributed by atoms with Crippen LogP contribution in [0, 0.1) is 27.7 Å². The molecule has 2 rings (SSSR count). The van der Waals surface area contributed by atoms with Crippen LogP contribution in [0.3, 0.4) is 0 Å². The fraction of sp³-hybridized carbons (Fsp3) is 0.294. The summed E-state index contributed by atoms with van der Waals surface area (Å²) in [6.45, 7) is 7.73. The van der Waals surface area contributed by atoms with E-state index in [0.717, 1.165) is 22.3 Å². The average molecular weight is 269 g/mol. The molecule has 1 heterocycles. The largest absolute Gasteiger partial charge is 0.308 e. The van der Waals surface area contributed by atoms with Crippen molar-refractivity contribution in [1.82, 2.24) is 4.57 Å². The van der Waals surface area contributed by atoms with E-state index in [1.807, 2.05) is 32.9 Å². The first-order valence-corrected chi connectivity index (χ1v) is 6.67. The van der Waals surface area contributed by atoms with E-state index >= 15 is 0 Å². The SMILES string of the molecule is Cc1cc(C)c(C(=O)Cn2cccc(C)c2=O)c(C)c1. The van der Waals surface area contributed by atoms with Crippen molar-refractivity contribution in [3.8, 4) is 0 Å². The Kier molecular flexibility index (Phi) is 3.89. The molecule has 0 N–H and O–H groups in total. The van der Waals surface area contributed by atoms with E-state index in [-0.39, 0.29) is 17.9 Å². The minimum absolute atomic E-state index is 0.0206. The molecule has 0 aliphatic heterocycles. The second-order valence-corrected chi connectivity index (χ2v) is 5.32. The van der Waals surface area contributed by atoms with Crippen molar-refractivity contribution in [2.24, 2.45) is 0 Å². The number of aryl methyl sites for hydroxylation is 4. The van der Waals surface area contributed by atoms with Crippen molar-refractivity contribution in [3.05, 3.63) is 68.6 Å². The highest BCUT2D eigenvalue weighted by Gasteiger charge is 2.14. The van der Waals surface area contributed by atoms with E-state index in [9.17, 15) is 9.59 Å². The van der Waals surface area contributed by atoms with Crippen molar-refractivity contribution in [3.63, 3.8) is 0 Å². The number of pyridine rings is 1. The summed E-state index contributed by atoms with van der Waals surface area (Å²) in [6.07, 6.45) is 1.66. The average Bonchev–Trinajstić information content (AvgIpc) is 2.33. The highest BCUT2D eigenvalue weighted by Crippen LogP contribution is 2.17. The van der Waals surface area contributed by atoms with Crippen LogP contribution >= 0.6 is 0 Å². The fourth-order valence-electron chi connectivity index (χ4n) is 2.63. The minimum Gasteiger partial charge on any atom is -0.308 e. The van der Waals surface area contributed by atoms with Crippen LogP contribution in [0.1, 0.15) is 32.6 Å². The number of nitrogens with zero attached hydrogens (tertiary/aromatic N) is 1. The first kappa shape index (κ1) is 14.3. The molecule has 0 spiro atoms. The number of benzene rings is 1. The van der Waals surface area contributed by atoms with Gasteiger partial charge in [-0.1, -0.05) is 23.8 Å². The predicted molar refractivity (Wildman–Crippen MR) is 80.4 cm³/mol. The Labute approximate surface area is 118 Å². The van der Waals surface area contributed by atoms with Crippen LogP contribution < -0.4 is 5.56 Å². The van der Waals surface area contributed by atoms with Crippen LogP contribution in [-0.4, -0.2) is 10.4 Å². The van der Waals surface area contributed by atoms with Gasteiger partial charge in [-0.25, -0.2) is 0 Å². The fourth-order valence-corrected chi connectivity index (χ4v) is 2.63. The second-order valence-electron chi connectivity index (χ2n) is 5.32. The molecular weight excluding hydrogens is 250 g/mol. The zero-order valence-electron chi connectivity index (χ0n) is 12.4. The molecule has 104 valence electrons. The molecule has 1 aromatic carbocycles. The van der Waals surface area contributed by atoms with Gasteiger partial charge in [0, 0.05) is 17.3 Å². The maximum Gasteiger partial charge on any atom is 0.253 e. The van der Waals surface area contributed by atoms with Gasteiger partial charge in [-0.05, 0) is 44.9 Å². The van der Waals surface area contributed by atoms with Crippen LogP contribution in [0.25, 0.3) is 0 Å². The normalized spacial score (nSPS) is 10.6. The molecule has 3 heteroatoms. The molecule has 1 aromatic heterocycles. The van der Waals surface area contributed by atoms with Crippen molar-refractivity contribution < 1.29 is 4.79 Å². The van der Waals surface area contributed by atoms with Gasteiger partial charge in [0.05, 0.1) is 6.54 Å². The summed E-state index contributed by atoms with van der Waals surface area (Å²) in [7, 11) is 0. The number of carbonyl (C=O) groups is 1. The summed E-state index contributed by atoms with van der Waals surface area (Å²) in [6, 6.07) is 7.54. The molecule has 3 nitrogen and oxygen atoms in total. The first-order valence-electron chi connectivity index (χ1n) is 6.67. The van der Waals surface area contributed by atoms with Gasteiger partial charge in [0.2, 0.25) is 0 Å². The molecule has 0 saturated carbocycles. The summed E-state index contributed by atoms with van der Waals surface area (Å²) in [4.78, 5) is 24.4. The van der Waals surface area contributed by atoms with Crippen molar-refractivity contribution >= 4 is 5.78 Å². The summed E-state index contributed by atoms with van der Waals surface area (Å²) in [5.74, 6) is -0.0206. The smallest absolute Gasteiger partial charge is 0.253 e. The Bertz CT molecular complexity index is 703. The lowest BCUT2D eigenvalue weighted by Gasteiger charge is -2.11. The number of ketones is 1. The number of hydrogen-bond acceptors (Lipinski definition) is 2. The van der Waals surface area contributed by atoms with Crippen LogP contribution in [0.4, 0.5) is 0 Å². The van der Waals surface area contributed by atoms with Gasteiger partial charge in [-0.3, -0.25) is 9.59 Å². The molecular formula is C17H19NO2. The number of hydrogen-bond donors (Lipinski definition) is 0. The number of aromatic nitrogens is 1. The van der Waals surface area contributed by atoms with Gasteiger partial charge < -0.3 is 4.57 Å². The molecule has 0 fully saturated rings. The van der Waals surface area contributed by atoms with Crippen LogP contribution in [0.15, 0.2) is 35.3 Å². The third kappa shape index (κ3) is 2.72. The van der Waals surface area contributed by atoms with Gasteiger partial charge in [-0.2, -0.15) is 0 Å². The molecule has 0 aliphatic carbocycles. The minimum atomic E-state index is -0.108. The van der Waals surface area contributed by atoms with Crippen LogP contribution in [0.2, 0.25) is 0 Å². The standard InChI is InChI=1S/C17H19NO2/c1-11-8-13(3)16(14(4)9-11)15(19)10-18-7-5-6-12(2)17(18)20/h5-9H,10H2,1-4H3. The quantitative estimate of drug-likeness (QED) is 0.804. The third-order valence-electron chi connectivity index (χ3n) is 3.48. The Morgan fingerprint density at radius 2 is 1.65 bits per heavy atom. The van der Waals surface area contributed by atoms with Gasteiger partial charge in [-0.15, -0.1) is 0 Å². The van der Waals surface area contributed by atoms with Crippen molar-refractivity contribution in [1.29, 1.82) is 0 Å². The molecule has 0 bridgehead atoms. The van der Waals surface area contributed by atoms with Gasteiger partial charge in [0.1, 0.15) is 0 Å². The molecule has 20 heavy (non-hydrogen) atoms. The van der Waals surface area contributed by atoms with Crippen molar-refractivity contribution in [2.45, 2.75) is 34.2 Å². The van der Waals surface area contributed by atoms with Gasteiger partial charge in [0.25, 0.3) is 5.56 Å². The second kappa shape index (κ2) is 5.45. The molecule has 2 aromatic rings. The summed E-state index contributed by atoms with van der Waals surface area (Å²) >= 11 is 0. The molecule has 0 aliphatic rings. The highest BCUT2D eigenvalue weighted by molar-refractivity contribution is 5.98. The Morgan fingerprint density at radius 3 is 2.25 bits per heavy atom. The van der Waals surface area contributed by atoms with Crippen LogP contribution in [0.5, 0.6) is 0 Å². The van der Waals surface area contributed by atoms with E-state index in [4.69, 9.17) is 0 Å². The zero-order chi connectivity index (χ0) is 14.9. The number of carbonyl (C=O) groups excluding carboxylic acids is 1. The monoisotopic (exact) mass is 269 g/mol. The molecule has 0 saturated heterocycles. The summed E-state index contributed by atoms with van der Waals surface area (Å²) < 4.78 is 1.47. The molecule has 0 amide bonds. The lowest BCUT2D eigenvalue weighted by molar-refractivity contribution is 0.0969. The topological polar surface area (TPSA) is 39.1 Å². The Hall–Kier alpha value is -2.16. The lowest BCUT2D eigenvalue weighted by atomic mass is 9.96. The Balaban J connectivity index is 2.39. The maximum absolute atomic E-state index is 12.5. The third-order valence-corrected chi connectivity index (χ3v) is 3.48. The van der Waals surface area contributed by atoms with Crippen molar-refractivity contribution in [2.75, 3.05) is 0 Å². The van der Waals surface area contributed by atoms with E-state index < -0.39 is 0 Å². The van der Waals surface area contributed by atoms with E-state index in [0.29, 0.717) is 5.56 Å². The Morgan fingerprint density at radius 1 is 1.05 bits per heavy atom.